The number of ether oxygens (including phenoxy) is 1. The number of carbonyl (C=O) groups excluding carboxylic acids is 1. The number of esters is 1. The summed E-state index contributed by atoms with van der Waals surface area (Å²) in [5.74, 6) is -0.334. The molecule has 16 heavy (non-hydrogen) atoms. The molecule has 0 radical (unpaired) electrons. The molecule has 0 amide bonds. The van der Waals surface area contributed by atoms with Crippen LogP contribution in [0, 0.1) is 20.8 Å². The van der Waals surface area contributed by atoms with E-state index in [4.69, 9.17) is 4.74 Å². The van der Waals surface area contributed by atoms with E-state index in [1.807, 2.05) is 13.8 Å². The van der Waals surface area contributed by atoms with Crippen LogP contribution in [0.5, 0.6) is 0 Å². The van der Waals surface area contributed by atoms with Gasteiger partial charge in [-0.1, -0.05) is 24.3 Å². The number of benzene rings is 1. The number of carbonyl (C=O) groups is 1. The van der Waals surface area contributed by atoms with Crippen LogP contribution >= 0.6 is 0 Å². The van der Waals surface area contributed by atoms with Crippen molar-refractivity contribution in [1.29, 1.82) is 0 Å². The Morgan fingerprint density at radius 2 is 1.75 bits per heavy atom. The maximum atomic E-state index is 11.3. The van der Waals surface area contributed by atoms with E-state index in [2.05, 4.69) is 25.6 Å². The molecule has 0 saturated carbocycles. The summed E-state index contributed by atoms with van der Waals surface area (Å²) < 4.78 is 5.15. The van der Waals surface area contributed by atoms with E-state index < -0.39 is 0 Å². The summed E-state index contributed by atoms with van der Waals surface area (Å²) in [5, 5.41) is 0. The topological polar surface area (TPSA) is 26.3 Å². The molecule has 86 valence electrons. The van der Waals surface area contributed by atoms with Crippen molar-refractivity contribution in [2.45, 2.75) is 34.3 Å². The maximum absolute atomic E-state index is 11.3. The lowest BCUT2D eigenvalue weighted by Crippen LogP contribution is -2.07. The Labute approximate surface area is 96.9 Å². The molecular weight excluding hydrogens is 200 g/mol. The van der Waals surface area contributed by atoms with Gasteiger partial charge in [0, 0.05) is 5.57 Å². The second kappa shape index (κ2) is 4.97. The molecule has 0 spiro atoms. The van der Waals surface area contributed by atoms with Crippen molar-refractivity contribution in [3.63, 3.8) is 0 Å². The molecule has 0 atom stereocenters. The predicted molar refractivity (Wildman–Crippen MR) is 65.3 cm³/mol. The van der Waals surface area contributed by atoms with Gasteiger partial charge in [-0.3, -0.25) is 0 Å². The first-order valence-corrected chi connectivity index (χ1v) is 5.31. The average Bonchev–Trinajstić information content (AvgIpc) is 2.15. The first-order valence-electron chi connectivity index (χ1n) is 5.31. The maximum Gasteiger partial charge on any atom is 0.333 e. The van der Waals surface area contributed by atoms with Crippen LogP contribution in [0.2, 0.25) is 0 Å². The summed E-state index contributed by atoms with van der Waals surface area (Å²) in [6.07, 6.45) is 0. The molecule has 2 heteroatoms. The van der Waals surface area contributed by atoms with Crippen LogP contribution < -0.4 is 0 Å². The number of rotatable bonds is 3. The highest BCUT2D eigenvalue weighted by atomic mass is 16.5. The van der Waals surface area contributed by atoms with E-state index >= 15 is 0 Å². The van der Waals surface area contributed by atoms with Gasteiger partial charge < -0.3 is 4.74 Å². The second-order valence-electron chi connectivity index (χ2n) is 4.23. The van der Waals surface area contributed by atoms with Gasteiger partial charge in [-0.15, -0.1) is 0 Å². The summed E-state index contributed by atoms with van der Waals surface area (Å²) in [7, 11) is 0. The molecule has 1 rings (SSSR count). The third-order valence-electron chi connectivity index (χ3n) is 2.54. The van der Waals surface area contributed by atoms with E-state index in [-0.39, 0.29) is 5.97 Å². The zero-order valence-corrected chi connectivity index (χ0v) is 10.4. The minimum Gasteiger partial charge on any atom is -0.457 e. The standard InChI is InChI=1S/C14H18O2/c1-9(2)14(15)16-8-13-11(4)6-10(3)7-12(13)5/h6-7H,1,8H2,2-5H3. The van der Waals surface area contributed by atoms with Gasteiger partial charge in [-0.05, 0) is 44.4 Å². The molecule has 0 aliphatic rings. The van der Waals surface area contributed by atoms with Crippen LogP contribution in [-0.4, -0.2) is 5.97 Å². The average molecular weight is 218 g/mol. The summed E-state index contributed by atoms with van der Waals surface area (Å²) in [4.78, 5) is 11.3. The molecule has 0 aliphatic carbocycles. The van der Waals surface area contributed by atoms with Crippen LogP contribution in [0.25, 0.3) is 0 Å². The molecule has 0 N–H and O–H groups in total. The van der Waals surface area contributed by atoms with Gasteiger partial charge in [0.25, 0.3) is 0 Å². The molecule has 0 unspecified atom stereocenters. The lowest BCUT2D eigenvalue weighted by Gasteiger charge is -2.11. The van der Waals surface area contributed by atoms with Crippen molar-refractivity contribution in [2.24, 2.45) is 0 Å². The Kier molecular flexibility index (Phi) is 3.88. The molecule has 0 saturated heterocycles. The van der Waals surface area contributed by atoms with Crippen LogP contribution in [0.4, 0.5) is 0 Å². The quantitative estimate of drug-likeness (QED) is 0.575. The normalized spacial score (nSPS) is 10.0. The SMILES string of the molecule is C=C(C)C(=O)OCc1c(C)cc(C)cc1C. The van der Waals surface area contributed by atoms with E-state index in [1.54, 1.807) is 6.92 Å². The van der Waals surface area contributed by atoms with E-state index in [1.165, 1.54) is 5.56 Å². The Bertz CT molecular complexity index is 407. The fourth-order valence-electron chi connectivity index (χ4n) is 1.70. The molecule has 0 heterocycles. The van der Waals surface area contributed by atoms with Gasteiger partial charge in [0.05, 0.1) is 0 Å². The zero-order valence-electron chi connectivity index (χ0n) is 10.4. The molecule has 2 nitrogen and oxygen atoms in total. The van der Waals surface area contributed by atoms with Gasteiger partial charge in [0.2, 0.25) is 0 Å². The van der Waals surface area contributed by atoms with Crippen molar-refractivity contribution < 1.29 is 9.53 Å². The summed E-state index contributed by atoms with van der Waals surface area (Å²) in [6.45, 7) is 11.6. The van der Waals surface area contributed by atoms with Crippen molar-refractivity contribution in [3.05, 3.63) is 46.5 Å². The predicted octanol–water partition coefficient (Wildman–Crippen LogP) is 3.23. The highest BCUT2D eigenvalue weighted by Gasteiger charge is 2.08. The minimum atomic E-state index is -0.334. The minimum absolute atomic E-state index is 0.323. The highest BCUT2D eigenvalue weighted by Crippen LogP contribution is 2.17. The van der Waals surface area contributed by atoms with Gasteiger partial charge in [-0.25, -0.2) is 4.79 Å². The first-order chi connectivity index (χ1) is 7.41. The van der Waals surface area contributed by atoms with Crippen molar-refractivity contribution in [2.75, 3.05) is 0 Å². The molecule has 0 bridgehead atoms. The fraction of sp³-hybridized carbons (Fsp3) is 0.357. The molecule has 1 aromatic rings. The van der Waals surface area contributed by atoms with Crippen LogP contribution in [0.1, 0.15) is 29.2 Å². The summed E-state index contributed by atoms with van der Waals surface area (Å²) in [5.41, 5.74) is 5.06. The second-order valence-corrected chi connectivity index (χ2v) is 4.23. The van der Waals surface area contributed by atoms with E-state index in [9.17, 15) is 4.79 Å². The first kappa shape index (κ1) is 12.5. The molecule has 1 aromatic carbocycles. The van der Waals surface area contributed by atoms with E-state index in [0.29, 0.717) is 12.2 Å². The van der Waals surface area contributed by atoms with E-state index in [0.717, 1.165) is 16.7 Å². The zero-order chi connectivity index (χ0) is 12.3. The van der Waals surface area contributed by atoms with Crippen LogP contribution in [0.3, 0.4) is 0 Å². The van der Waals surface area contributed by atoms with Crippen LogP contribution in [-0.2, 0) is 16.1 Å². The number of aryl methyl sites for hydroxylation is 3. The summed E-state index contributed by atoms with van der Waals surface area (Å²) in [6, 6.07) is 4.19. The van der Waals surface area contributed by atoms with Crippen LogP contribution in [0.15, 0.2) is 24.3 Å². The fourth-order valence-corrected chi connectivity index (χ4v) is 1.70. The largest absolute Gasteiger partial charge is 0.457 e. The van der Waals surface area contributed by atoms with Crippen molar-refractivity contribution in [3.8, 4) is 0 Å². The molecule has 0 fully saturated rings. The summed E-state index contributed by atoms with van der Waals surface area (Å²) >= 11 is 0. The van der Waals surface area contributed by atoms with Crippen molar-refractivity contribution >= 4 is 5.97 Å². The van der Waals surface area contributed by atoms with Gasteiger partial charge in [0.15, 0.2) is 0 Å². The number of hydrogen-bond acceptors (Lipinski definition) is 2. The Hall–Kier alpha value is -1.57. The molecule has 0 aromatic heterocycles. The molecular formula is C14H18O2. The van der Waals surface area contributed by atoms with Gasteiger partial charge in [0.1, 0.15) is 6.61 Å². The lowest BCUT2D eigenvalue weighted by atomic mass is 10.0. The Balaban J connectivity index is 2.82. The van der Waals surface area contributed by atoms with Crippen molar-refractivity contribution in [1.82, 2.24) is 0 Å². The highest BCUT2D eigenvalue weighted by molar-refractivity contribution is 5.86. The smallest absolute Gasteiger partial charge is 0.333 e. The third-order valence-corrected chi connectivity index (χ3v) is 2.54. The third kappa shape index (κ3) is 2.96. The van der Waals surface area contributed by atoms with Gasteiger partial charge >= 0.3 is 5.97 Å². The monoisotopic (exact) mass is 218 g/mol. The number of hydrogen-bond donors (Lipinski definition) is 0. The van der Waals surface area contributed by atoms with Gasteiger partial charge in [-0.2, -0.15) is 0 Å². The molecule has 0 aliphatic heterocycles. The lowest BCUT2D eigenvalue weighted by molar-refractivity contribution is -0.140. The Morgan fingerprint density at radius 1 is 1.25 bits per heavy atom. The Morgan fingerprint density at radius 3 is 2.19 bits per heavy atom.